The lowest BCUT2D eigenvalue weighted by Crippen LogP contribution is -2.15. The molecule has 0 saturated heterocycles. The molecule has 1 aliphatic carbocycles. The summed E-state index contributed by atoms with van der Waals surface area (Å²) in [5.74, 6) is 0.714. The monoisotopic (exact) mass is 573 g/mol. The molecule has 3 aromatic carbocycles. The Morgan fingerprint density at radius 1 is 0.730 bits per heavy atom. The fourth-order valence-electron chi connectivity index (χ4n) is 5.55. The summed E-state index contributed by atoms with van der Waals surface area (Å²) in [6, 6.07) is 23.4. The van der Waals surface area contributed by atoms with Gasteiger partial charge in [0.2, 0.25) is 0 Å². The predicted molar refractivity (Wildman–Crippen MR) is 167 cm³/mol. The van der Waals surface area contributed by atoms with E-state index in [1.54, 1.807) is 0 Å². The van der Waals surface area contributed by atoms with Crippen LogP contribution in [0, 0.1) is 0 Å². The molecular formula is C34H40BrNS. The molecule has 0 spiro atoms. The van der Waals surface area contributed by atoms with Gasteiger partial charge in [-0.2, -0.15) is 0 Å². The minimum absolute atomic E-state index is 0.0607. The first-order chi connectivity index (χ1) is 17.5. The number of fused-ring (bicyclic) bond motifs is 1. The van der Waals surface area contributed by atoms with Crippen LogP contribution in [-0.2, 0) is 10.8 Å². The number of halogens is 1. The van der Waals surface area contributed by atoms with Gasteiger partial charge in [-0.1, -0.05) is 94.9 Å². The maximum Gasteiger partial charge on any atom is 0.0647 e. The summed E-state index contributed by atoms with van der Waals surface area (Å²) in [6.07, 6.45) is 6.78. The third-order valence-electron chi connectivity index (χ3n) is 7.89. The number of rotatable bonds is 4. The summed E-state index contributed by atoms with van der Waals surface area (Å²) in [5.41, 5.74) is 8.05. The van der Waals surface area contributed by atoms with Gasteiger partial charge in [-0.05, 0) is 88.7 Å². The Morgan fingerprint density at radius 3 is 2.05 bits per heavy atom. The lowest BCUT2D eigenvalue weighted by Gasteiger charge is -2.29. The highest BCUT2D eigenvalue weighted by atomic mass is 79.9. The van der Waals surface area contributed by atoms with Crippen LogP contribution in [0.4, 0.5) is 17.1 Å². The summed E-state index contributed by atoms with van der Waals surface area (Å²) in [6.45, 7) is 13.8. The molecule has 0 amide bonds. The van der Waals surface area contributed by atoms with Crippen LogP contribution in [0.15, 0.2) is 70.5 Å². The van der Waals surface area contributed by atoms with Crippen molar-refractivity contribution in [2.75, 3.05) is 4.90 Å². The van der Waals surface area contributed by atoms with Crippen molar-refractivity contribution in [1.29, 1.82) is 0 Å². The molecule has 1 aliphatic rings. The smallest absolute Gasteiger partial charge is 0.0647 e. The second-order valence-electron chi connectivity index (χ2n) is 12.8. The number of hydrogen-bond donors (Lipinski definition) is 0. The van der Waals surface area contributed by atoms with E-state index in [4.69, 9.17) is 0 Å². The molecule has 37 heavy (non-hydrogen) atoms. The molecule has 0 N–H and O–H groups in total. The van der Waals surface area contributed by atoms with Crippen molar-refractivity contribution >= 4 is 54.4 Å². The fraction of sp³-hybridized carbons (Fsp3) is 0.412. The summed E-state index contributed by atoms with van der Waals surface area (Å²) in [5, 5.41) is 3.66. The number of benzene rings is 3. The highest BCUT2D eigenvalue weighted by molar-refractivity contribution is 9.10. The van der Waals surface area contributed by atoms with Crippen molar-refractivity contribution in [2.24, 2.45) is 0 Å². The lowest BCUT2D eigenvalue weighted by molar-refractivity contribution is 0.443. The maximum atomic E-state index is 3.84. The van der Waals surface area contributed by atoms with E-state index in [2.05, 4.69) is 128 Å². The van der Waals surface area contributed by atoms with Gasteiger partial charge in [-0.3, -0.25) is 0 Å². The van der Waals surface area contributed by atoms with Crippen LogP contribution in [0.3, 0.4) is 0 Å². The van der Waals surface area contributed by atoms with Crippen molar-refractivity contribution in [3.63, 3.8) is 0 Å². The number of hydrogen-bond acceptors (Lipinski definition) is 2. The average Bonchev–Trinajstić information content (AvgIpc) is 3.27. The van der Waals surface area contributed by atoms with E-state index in [-0.39, 0.29) is 10.8 Å². The van der Waals surface area contributed by atoms with Crippen molar-refractivity contribution < 1.29 is 0 Å². The van der Waals surface area contributed by atoms with E-state index in [0.29, 0.717) is 5.92 Å². The Kier molecular flexibility index (Phi) is 7.33. The minimum Gasteiger partial charge on any atom is -0.309 e. The molecule has 1 heterocycles. The molecule has 1 fully saturated rings. The van der Waals surface area contributed by atoms with E-state index in [1.807, 2.05) is 11.3 Å². The fourth-order valence-corrected chi connectivity index (χ4v) is 6.94. The van der Waals surface area contributed by atoms with Crippen LogP contribution < -0.4 is 4.90 Å². The molecule has 1 nitrogen and oxygen atoms in total. The quantitative estimate of drug-likeness (QED) is 0.234. The summed E-state index contributed by atoms with van der Waals surface area (Å²) < 4.78 is 2.45. The van der Waals surface area contributed by atoms with Crippen LogP contribution in [0.1, 0.15) is 96.3 Å². The average molecular weight is 575 g/mol. The molecule has 1 aromatic heterocycles. The zero-order valence-corrected chi connectivity index (χ0v) is 25.6. The summed E-state index contributed by atoms with van der Waals surface area (Å²) >= 11 is 5.67. The van der Waals surface area contributed by atoms with Crippen LogP contribution >= 0.6 is 27.3 Å². The van der Waals surface area contributed by atoms with Gasteiger partial charge in [-0.25, -0.2) is 0 Å². The third-order valence-corrected chi connectivity index (χ3v) is 9.30. The second kappa shape index (κ2) is 10.2. The molecular weight excluding hydrogens is 534 g/mol. The van der Waals surface area contributed by atoms with Crippen molar-refractivity contribution in [3.05, 3.63) is 87.2 Å². The van der Waals surface area contributed by atoms with Gasteiger partial charge >= 0.3 is 0 Å². The second-order valence-corrected chi connectivity index (χ2v) is 14.6. The van der Waals surface area contributed by atoms with Crippen LogP contribution in [-0.4, -0.2) is 0 Å². The highest BCUT2D eigenvalue weighted by Crippen LogP contribution is 2.45. The van der Waals surface area contributed by atoms with Gasteiger partial charge < -0.3 is 4.90 Å². The largest absolute Gasteiger partial charge is 0.309 e. The molecule has 0 aliphatic heterocycles. The van der Waals surface area contributed by atoms with E-state index in [1.165, 1.54) is 75.9 Å². The number of thiophene rings is 1. The van der Waals surface area contributed by atoms with Crippen LogP contribution in [0.25, 0.3) is 10.1 Å². The molecule has 194 valence electrons. The standard InChI is InChI=1S/C34H40BrNS/c1-33(2,3)25-14-17-32-30(20-25)31(22-37-32)36(29-19-26(34(4,5)6)18-27(35)21-29)28-15-12-24(13-16-28)23-10-8-7-9-11-23/h12-23H,7-11H2,1-6H3. The topological polar surface area (TPSA) is 3.24 Å². The summed E-state index contributed by atoms with van der Waals surface area (Å²) in [4.78, 5) is 2.47. The Bertz CT molecular complexity index is 1380. The summed E-state index contributed by atoms with van der Waals surface area (Å²) in [7, 11) is 0. The van der Waals surface area contributed by atoms with Gasteiger partial charge in [-0.15, -0.1) is 11.3 Å². The number of nitrogens with zero attached hydrogens (tertiary/aromatic N) is 1. The zero-order valence-electron chi connectivity index (χ0n) is 23.2. The van der Waals surface area contributed by atoms with Crippen molar-refractivity contribution in [3.8, 4) is 0 Å². The molecule has 0 bridgehead atoms. The molecule has 3 heteroatoms. The van der Waals surface area contributed by atoms with E-state index >= 15 is 0 Å². The lowest BCUT2D eigenvalue weighted by atomic mass is 9.84. The van der Waals surface area contributed by atoms with E-state index < -0.39 is 0 Å². The third kappa shape index (κ3) is 5.68. The molecule has 4 aromatic rings. The maximum absolute atomic E-state index is 3.84. The van der Waals surface area contributed by atoms with Gasteiger partial charge in [0.1, 0.15) is 0 Å². The van der Waals surface area contributed by atoms with Crippen LogP contribution in [0.5, 0.6) is 0 Å². The first-order valence-electron chi connectivity index (χ1n) is 13.7. The first kappa shape index (κ1) is 26.5. The van der Waals surface area contributed by atoms with Gasteiger partial charge in [0, 0.05) is 31.3 Å². The zero-order chi connectivity index (χ0) is 26.4. The number of anilines is 3. The highest BCUT2D eigenvalue weighted by Gasteiger charge is 2.23. The molecule has 0 unspecified atom stereocenters. The van der Waals surface area contributed by atoms with Gasteiger partial charge in [0.25, 0.3) is 0 Å². The Balaban J connectivity index is 1.67. The van der Waals surface area contributed by atoms with E-state index in [9.17, 15) is 0 Å². The predicted octanol–water partition coefficient (Wildman–Crippen LogP) is 11.8. The van der Waals surface area contributed by atoms with Crippen molar-refractivity contribution in [1.82, 2.24) is 0 Å². The van der Waals surface area contributed by atoms with Gasteiger partial charge in [0.15, 0.2) is 0 Å². The van der Waals surface area contributed by atoms with Gasteiger partial charge in [0.05, 0.1) is 5.69 Å². The normalized spacial score (nSPS) is 15.3. The van der Waals surface area contributed by atoms with Crippen LogP contribution in [0.2, 0.25) is 0 Å². The Morgan fingerprint density at radius 2 is 1.41 bits per heavy atom. The molecule has 1 saturated carbocycles. The minimum atomic E-state index is 0.0607. The molecule has 5 rings (SSSR count). The Hall–Kier alpha value is -2.10. The van der Waals surface area contributed by atoms with E-state index in [0.717, 1.165) is 4.47 Å². The SMILES string of the molecule is CC(C)(C)c1cc(Br)cc(N(c2ccc(C3CCCCC3)cc2)c2csc3ccc(C(C)(C)C)cc23)c1. The van der Waals surface area contributed by atoms with Crippen molar-refractivity contribution in [2.45, 2.75) is 90.4 Å². The molecule has 0 radical (unpaired) electrons. The molecule has 0 atom stereocenters. The first-order valence-corrected chi connectivity index (χ1v) is 15.4. The Labute approximate surface area is 236 Å².